The summed E-state index contributed by atoms with van der Waals surface area (Å²) in [6.45, 7) is 6.37. The molecule has 0 aromatic carbocycles. The predicted molar refractivity (Wildman–Crippen MR) is 334 cm³/mol. The van der Waals surface area contributed by atoms with Crippen LogP contribution in [0.15, 0.2) is 134 Å². The smallest absolute Gasteiger partial charge is 0.306 e. The van der Waals surface area contributed by atoms with Crippen LogP contribution in [0.2, 0.25) is 0 Å². The minimum absolute atomic E-state index is 0.103. The minimum Gasteiger partial charge on any atom is -0.462 e. The second-order valence-corrected chi connectivity index (χ2v) is 20.5. The molecule has 0 bridgehead atoms. The third kappa shape index (κ3) is 62.3. The summed E-state index contributed by atoms with van der Waals surface area (Å²) < 4.78 is 16.9. The summed E-state index contributed by atoms with van der Waals surface area (Å²) in [4.78, 5) is 38.3. The fourth-order valence-electron chi connectivity index (χ4n) is 8.43. The van der Waals surface area contributed by atoms with Gasteiger partial charge in [0.2, 0.25) is 0 Å². The van der Waals surface area contributed by atoms with Gasteiger partial charge in [0.25, 0.3) is 0 Å². The molecule has 0 heterocycles. The van der Waals surface area contributed by atoms with E-state index in [0.717, 1.165) is 128 Å². The molecule has 0 radical (unpaired) electrons. The van der Waals surface area contributed by atoms with Crippen LogP contribution >= 0.6 is 0 Å². The van der Waals surface area contributed by atoms with Gasteiger partial charge in [0, 0.05) is 19.3 Å². The molecule has 0 saturated heterocycles. The first-order chi connectivity index (χ1) is 38.0. The standard InChI is InChI=1S/C71H116O6/c1-4-7-10-13-16-19-22-25-28-29-30-31-32-33-34-35-36-37-38-39-40-41-44-46-49-52-55-58-61-64-70(73)76-67-68(77-71(74)65-62-59-56-53-50-47-43-27-24-21-18-15-12-9-6-3)66-75-69(72)63-60-57-54-51-48-45-42-26-23-20-17-14-11-8-5-2/h7,9-10,12,16,18-19,21,25-28,30-31,33-34,36-37,42-43,50,53,68H,4-6,8,11,13-15,17,20,22-24,29,32,35,38-41,44-49,51-52,54-67H2,1-3H3/b10-7-,12-9-,19-16-,21-18-,28-25-,31-30-,34-33-,37-36-,42-26-,43-27-,53-50-. The lowest BCUT2D eigenvalue weighted by molar-refractivity contribution is -0.167. The number of carbonyl (C=O) groups excluding carboxylic acids is 3. The van der Waals surface area contributed by atoms with Gasteiger partial charge in [-0.05, 0) is 135 Å². The molecule has 6 heteroatoms. The van der Waals surface area contributed by atoms with Gasteiger partial charge in [-0.1, -0.05) is 257 Å². The van der Waals surface area contributed by atoms with Crippen molar-refractivity contribution in [1.29, 1.82) is 0 Å². The fourth-order valence-corrected chi connectivity index (χ4v) is 8.43. The van der Waals surface area contributed by atoms with Gasteiger partial charge in [-0.25, -0.2) is 0 Å². The van der Waals surface area contributed by atoms with Crippen LogP contribution in [0.3, 0.4) is 0 Å². The number of esters is 3. The van der Waals surface area contributed by atoms with E-state index >= 15 is 0 Å². The number of hydrogen-bond acceptors (Lipinski definition) is 6. The predicted octanol–water partition coefficient (Wildman–Crippen LogP) is 21.8. The van der Waals surface area contributed by atoms with Gasteiger partial charge in [0.1, 0.15) is 13.2 Å². The topological polar surface area (TPSA) is 78.9 Å². The summed E-state index contributed by atoms with van der Waals surface area (Å²) in [6, 6.07) is 0. The van der Waals surface area contributed by atoms with Crippen LogP contribution in [0.4, 0.5) is 0 Å². The Morgan fingerprint density at radius 2 is 0.506 bits per heavy atom. The maximum atomic E-state index is 12.9. The quantitative estimate of drug-likeness (QED) is 0.0261. The average molecular weight is 1070 g/mol. The highest BCUT2D eigenvalue weighted by atomic mass is 16.6. The Morgan fingerprint density at radius 3 is 0.831 bits per heavy atom. The van der Waals surface area contributed by atoms with E-state index in [1.54, 1.807) is 0 Å². The Morgan fingerprint density at radius 1 is 0.273 bits per heavy atom. The van der Waals surface area contributed by atoms with E-state index < -0.39 is 6.10 Å². The van der Waals surface area contributed by atoms with Crippen LogP contribution in [0.25, 0.3) is 0 Å². The van der Waals surface area contributed by atoms with Crippen molar-refractivity contribution in [3.63, 3.8) is 0 Å². The molecule has 436 valence electrons. The van der Waals surface area contributed by atoms with Gasteiger partial charge in [0.05, 0.1) is 0 Å². The Labute approximate surface area is 475 Å². The largest absolute Gasteiger partial charge is 0.462 e. The van der Waals surface area contributed by atoms with E-state index in [4.69, 9.17) is 14.2 Å². The van der Waals surface area contributed by atoms with Gasteiger partial charge in [-0.15, -0.1) is 0 Å². The van der Waals surface area contributed by atoms with Crippen molar-refractivity contribution in [3.8, 4) is 0 Å². The van der Waals surface area contributed by atoms with Gasteiger partial charge in [-0.3, -0.25) is 14.4 Å². The maximum absolute atomic E-state index is 12.9. The zero-order valence-corrected chi connectivity index (χ0v) is 49.9. The van der Waals surface area contributed by atoms with Crippen molar-refractivity contribution in [1.82, 2.24) is 0 Å². The van der Waals surface area contributed by atoms with Crippen molar-refractivity contribution in [3.05, 3.63) is 134 Å². The maximum Gasteiger partial charge on any atom is 0.306 e. The number of unbranched alkanes of at least 4 members (excludes halogenated alkanes) is 23. The molecule has 0 aromatic heterocycles. The normalized spacial score (nSPS) is 13.0. The Balaban J connectivity index is 4.35. The second kappa shape index (κ2) is 64.1. The molecule has 0 N–H and O–H groups in total. The van der Waals surface area contributed by atoms with Crippen LogP contribution in [-0.2, 0) is 28.6 Å². The SMILES string of the molecule is CC/C=C\C/C=C\C/C=C\C/C=C\C/C=C\C/C=C\CCCCCCCCCCCCC(=O)OCC(COC(=O)CCCCCCC/C=C\CCCCCCCC)OC(=O)CCCC/C=C\C/C=C\C/C=C\C/C=C\CC. The first-order valence-electron chi connectivity index (χ1n) is 31.7. The van der Waals surface area contributed by atoms with E-state index in [1.807, 2.05) is 0 Å². The van der Waals surface area contributed by atoms with Crippen molar-refractivity contribution < 1.29 is 28.6 Å². The molecule has 0 fully saturated rings. The summed E-state index contributed by atoms with van der Waals surface area (Å²) in [5, 5.41) is 0. The van der Waals surface area contributed by atoms with Gasteiger partial charge >= 0.3 is 17.9 Å². The zero-order valence-electron chi connectivity index (χ0n) is 49.9. The zero-order chi connectivity index (χ0) is 55.7. The van der Waals surface area contributed by atoms with Crippen LogP contribution in [-0.4, -0.2) is 37.2 Å². The molecule has 0 rings (SSSR count). The van der Waals surface area contributed by atoms with Crippen LogP contribution in [0, 0.1) is 0 Å². The van der Waals surface area contributed by atoms with E-state index in [1.165, 1.54) is 103 Å². The van der Waals surface area contributed by atoms with E-state index in [0.29, 0.717) is 19.3 Å². The summed E-state index contributed by atoms with van der Waals surface area (Å²) in [6.07, 6.45) is 90.3. The highest BCUT2D eigenvalue weighted by Crippen LogP contribution is 2.15. The number of carbonyl (C=O) groups is 3. The summed E-state index contributed by atoms with van der Waals surface area (Å²) in [5.74, 6) is -0.956. The van der Waals surface area contributed by atoms with Gasteiger partial charge < -0.3 is 14.2 Å². The number of ether oxygens (including phenoxy) is 3. The third-order valence-corrected chi connectivity index (χ3v) is 13.1. The molecule has 1 unspecified atom stereocenters. The number of rotatable bonds is 56. The van der Waals surface area contributed by atoms with Crippen molar-refractivity contribution in [2.45, 2.75) is 284 Å². The van der Waals surface area contributed by atoms with Crippen LogP contribution in [0.5, 0.6) is 0 Å². The first-order valence-corrected chi connectivity index (χ1v) is 31.7. The molecule has 0 aliphatic rings. The Hall–Kier alpha value is -4.45. The van der Waals surface area contributed by atoms with Crippen LogP contribution < -0.4 is 0 Å². The number of allylic oxidation sites excluding steroid dienone is 22. The molecule has 0 amide bonds. The molecule has 1 atom stereocenters. The molecule has 6 nitrogen and oxygen atoms in total. The lowest BCUT2D eigenvalue weighted by Crippen LogP contribution is -2.30. The van der Waals surface area contributed by atoms with E-state index in [2.05, 4.69) is 154 Å². The lowest BCUT2D eigenvalue weighted by atomic mass is 10.1. The Bertz CT molecular complexity index is 1650. The fraction of sp³-hybridized carbons (Fsp3) is 0.648. The monoisotopic (exact) mass is 1060 g/mol. The van der Waals surface area contributed by atoms with Crippen molar-refractivity contribution >= 4 is 17.9 Å². The third-order valence-electron chi connectivity index (χ3n) is 13.1. The molecule has 0 saturated carbocycles. The molecule has 77 heavy (non-hydrogen) atoms. The lowest BCUT2D eigenvalue weighted by Gasteiger charge is -2.18. The van der Waals surface area contributed by atoms with Gasteiger partial charge in [0.15, 0.2) is 6.10 Å². The van der Waals surface area contributed by atoms with Crippen molar-refractivity contribution in [2.24, 2.45) is 0 Å². The highest BCUT2D eigenvalue weighted by molar-refractivity contribution is 5.71. The van der Waals surface area contributed by atoms with Crippen molar-refractivity contribution in [2.75, 3.05) is 13.2 Å². The van der Waals surface area contributed by atoms with Crippen LogP contribution in [0.1, 0.15) is 278 Å². The molecule has 0 aliphatic carbocycles. The second-order valence-electron chi connectivity index (χ2n) is 20.5. The van der Waals surface area contributed by atoms with Gasteiger partial charge in [-0.2, -0.15) is 0 Å². The summed E-state index contributed by atoms with van der Waals surface area (Å²) >= 11 is 0. The Kier molecular flexibility index (Phi) is 60.4. The minimum atomic E-state index is -0.810. The summed E-state index contributed by atoms with van der Waals surface area (Å²) in [5.41, 5.74) is 0. The molecule has 0 spiro atoms. The van der Waals surface area contributed by atoms with E-state index in [9.17, 15) is 14.4 Å². The molecular formula is C71H116O6. The molecule has 0 aliphatic heterocycles. The first kappa shape index (κ1) is 72.5. The molecule has 0 aromatic rings. The molecular weight excluding hydrogens is 949 g/mol. The highest BCUT2D eigenvalue weighted by Gasteiger charge is 2.19. The summed E-state index contributed by atoms with van der Waals surface area (Å²) in [7, 11) is 0. The van der Waals surface area contributed by atoms with E-state index in [-0.39, 0.29) is 37.5 Å². The average Bonchev–Trinajstić information content (AvgIpc) is 3.43. The number of hydrogen-bond donors (Lipinski definition) is 0.